The van der Waals surface area contributed by atoms with E-state index in [0.717, 1.165) is 28.6 Å². The second-order valence-electron chi connectivity index (χ2n) is 6.50. The Labute approximate surface area is 162 Å². The molecule has 136 valence electrons. The van der Waals surface area contributed by atoms with E-state index in [2.05, 4.69) is 63.1 Å². The lowest BCUT2D eigenvalue weighted by atomic mass is 9.76. The molecular formula is C21H24BrN3O. The summed E-state index contributed by atoms with van der Waals surface area (Å²) in [5.41, 5.74) is 4.94. The van der Waals surface area contributed by atoms with Crippen molar-refractivity contribution < 1.29 is 5.21 Å². The molecule has 0 atom stereocenters. The van der Waals surface area contributed by atoms with Crippen LogP contribution in [0.25, 0.3) is 0 Å². The van der Waals surface area contributed by atoms with Gasteiger partial charge in [-0.15, -0.1) is 0 Å². The third kappa shape index (κ3) is 3.49. The largest absolute Gasteiger partial charge is 0.411 e. The fraction of sp³-hybridized carbons (Fsp3) is 0.286. The zero-order valence-corrected chi connectivity index (χ0v) is 16.7. The molecule has 0 bridgehead atoms. The zero-order valence-electron chi connectivity index (χ0n) is 15.1. The van der Waals surface area contributed by atoms with Gasteiger partial charge in [-0.05, 0) is 54.8 Å². The number of aromatic nitrogens is 2. The Morgan fingerprint density at radius 1 is 1.04 bits per heavy atom. The molecule has 0 aliphatic carbocycles. The first kappa shape index (κ1) is 18.5. The summed E-state index contributed by atoms with van der Waals surface area (Å²) in [5.74, 6) is 0. The van der Waals surface area contributed by atoms with Gasteiger partial charge in [0.1, 0.15) is 0 Å². The van der Waals surface area contributed by atoms with Crippen molar-refractivity contribution in [3.8, 4) is 0 Å². The molecule has 3 rings (SSSR count). The van der Waals surface area contributed by atoms with Crippen LogP contribution in [-0.2, 0) is 11.8 Å². The average molecular weight is 414 g/mol. The molecule has 0 aliphatic heterocycles. The molecule has 3 aromatic rings. The number of nitrogens with zero attached hydrogens (tertiary/aromatic N) is 1. The van der Waals surface area contributed by atoms with Crippen LogP contribution < -0.4 is 0 Å². The molecule has 0 aliphatic rings. The molecular weight excluding hydrogens is 390 g/mol. The molecule has 1 aromatic carbocycles. The van der Waals surface area contributed by atoms with E-state index >= 15 is 0 Å². The minimum absolute atomic E-state index is 0.0596. The van der Waals surface area contributed by atoms with E-state index in [4.69, 9.17) is 0 Å². The number of hydrogen-bond acceptors (Lipinski definition) is 2. The van der Waals surface area contributed by atoms with Crippen molar-refractivity contribution in [1.82, 2.24) is 9.97 Å². The summed E-state index contributed by atoms with van der Waals surface area (Å²) in [6.07, 6.45) is 4.52. The van der Waals surface area contributed by atoms with E-state index in [-0.39, 0.29) is 5.41 Å². The number of rotatable bonds is 7. The van der Waals surface area contributed by atoms with Crippen molar-refractivity contribution >= 4 is 21.6 Å². The molecule has 0 amide bonds. The molecule has 3 N–H and O–H groups in total. The first-order valence-corrected chi connectivity index (χ1v) is 9.71. The SMILES string of the molecule is CCC(CC)(c1ccc[nH]1)c1ccc(C/C(=N/O)c2ccc(Br)cc2)[nH]1. The second-order valence-corrected chi connectivity index (χ2v) is 7.42. The summed E-state index contributed by atoms with van der Waals surface area (Å²) < 4.78 is 1.00. The number of aromatic amines is 2. The summed E-state index contributed by atoms with van der Waals surface area (Å²) in [6, 6.07) is 16.2. The van der Waals surface area contributed by atoms with Gasteiger partial charge in [0.25, 0.3) is 0 Å². The predicted molar refractivity (Wildman–Crippen MR) is 109 cm³/mol. The summed E-state index contributed by atoms with van der Waals surface area (Å²) >= 11 is 3.43. The Morgan fingerprint density at radius 2 is 1.77 bits per heavy atom. The Hall–Kier alpha value is -2.27. The maximum absolute atomic E-state index is 9.48. The number of H-pyrrole nitrogens is 2. The normalized spacial score (nSPS) is 12.5. The van der Waals surface area contributed by atoms with E-state index in [9.17, 15) is 5.21 Å². The highest BCUT2D eigenvalue weighted by Gasteiger charge is 2.33. The van der Waals surface area contributed by atoms with Crippen LogP contribution in [0.1, 0.15) is 49.3 Å². The number of benzene rings is 1. The predicted octanol–water partition coefficient (Wildman–Crippen LogP) is 5.63. The number of nitrogens with one attached hydrogen (secondary N) is 2. The van der Waals surface area contributed by atoms with Crippen molar-refractivity contribution in [2.45, 2.75) is 38.5 Å². The van der Waals surface area contributed by atoms with Gasteiger partial charge in [0.05, 0.1) is 5.71 Å². The highest BCUT2D eigenvalue weighted by molar-refractivity contribution is 9.10. The van der Waals surface area contributed by atoms with E-state index < -0.39 is 0 Å². The number of halogens is 1. The van der Waals surface area contributed by atoms with Crippen molar-refractivity contribution in [1.29, 1.82) is 0 Å². The fourth-order valence-corrected chi connectivity index (χ4v) is 3.89. The van der Waals surface area contributed by atoms with Gasteiger partial charge in [-0.1, -0.05) is 47.1 Å². The van der Waals surface area contributed by atoms with Gasteiger partial charge in [-0.3, -0.25) is 0 Å². The zero-order chi connectivity index (χ0) is 18.6. The first-order valence-electron chi connectivity index (χ1n) is 8.92. The van der Waals surface area contributed by atoms with Gasteiger partial charge in [-0.2, -0.15) is 0 Å². The minimum atomic E-state index is -0.0596. The van der Waals surface area contributed by atoms with Gasteiger partial charge in [0.15, 0.2) is 0 Å². The maximum atomic E-state index is 9.48. The van der Waals surface area contributed by atoms with Crippen molar-refractivity contribution in [2.24, 2.45) is 5.16 Å². The van der Waals surface area contributed by atoms with Crippen LogP contribution in [0.2, 0.25) is 0 Å². The third-order valence-corrected chi connectivity index (χ3v) is 5.77. The Morgan fingerprint density at radius 3 is 2.35 bits per heavy atom. The first-order chi connectivity index (χ1) is 12.6. The fourth-order valence-electron chi connectivity index (χ4n) is 3.63. The van der Waals surface area contributed by atoms with Crippen LogP contribution in [-0.4, -0.2) is 20.9 Å². The smallest absolute Gasteiger partial charge is 0.0926 e. The average Bonchev–Trinajstić information content (AvgIpc) is 3.35. The lowest BCUT2D eigenvalue weighted by Gasteiger charge is -2.30. The summed E-state index contributed by atoms with van der Waals surface area (Å²) in [7, 11) is 0. The quantitative estimate of drug-likeness (QED) is 0.262. The lowest BCUT2D eigenvalue weighted by molar-refractivity contribution is 0.318. The highest BCUT2D eigenvalue weighted by atomic mass is 79.9. The van der Waals surface area contributed by atoms with Crippen LogP contribution in [0, 0.1) is 0 Å². The number of oxime groups is 1. The number of hydrogen-bond donors (Lipinski definition) is 3. The van der Waals surface area contributed by atoms with E-state index in [1.165, 1.54) is 11.4 Å². The summed E-state index contributed by atoms with van der Waals surface area (Å²) in [6.45, 7) is 4.43. The Bertz CT molecular complexity index is 859. The molecule has 0 unspecified atom stereocenters. The van der Waals surface area contributed by atoms with Crippen molar-refractivity contribution in [3.05, 3.63) is 81.8 Å². The minimum Gasteiger partial charge on any atom is -0.411 e. The van der Waals surface area contributed by atoms with Crippen molar-refractivity contribution in [2.75, 3.05) is 0 Å². The third-order valence-electron chi connectivity index (χ3n) is 5.24. The monoisotopic (exact) mass is 413 g/mol. The molecule has 2 heterocycles. The van der Waals surface area contributed by atoms with E-state index in [1.54, 1.807) is 0 Å². The molecule has 0 saturated carbocycles. The highest BCUT2D eigenvalue weighted by Crippen LogP contribution is 2.37. The van der Waals surface area contributed by atoms with E-state index in [0.29, 0.717) is 12.1 Å². The Kier molecular flexibility index (Phi) is 5.67. The van der Waals surface area contributed by atoms with Crippen LogP contribution in [0.5, 0.6) is 0 Å². The van der Waals surface area contributed by atoms with Gasteiger partial charge in [0, 0.05) is 39.6 Å². The molecule has 0 saturated heterocycles. The Balaban J connectivity index is 1.88. The lowest BCUT2D eigenvalue weighted by Crippen LogP contribution is -2.27. The summed E-state index contributed by atoms with van der Waals surface area (Å²) in [4.78, 5) is 6.95. The van der Waals surface area contributed by atoms with Crippen LogP contribution in [0.3, 0.4) is 0 Å². The van der Waals surface area contributed by atoms with Gasteiger partial charge >= 0.3 is 0 Å². The standard InChI is InChI=1S/C21H24BrN3O/c1-3-21(4-2,19-6-5-13-23-19)20-12-11-17(24-20)14-18(25-26)15-7-9-16(22)10-8-15/h5-13,23-24,26H,3-4,14H2,1-2H3/b25-18-. The molecule has 5 heteroatoms. The molecule has 26 heavy (non-hydrogen) atoms. The molecule has 0 spiro atoms. The molecule has 4 nitrogen and oxygen atoms in total. The van der Waals surface area contributed by atoms with Crippen LogP contribution in [0.4, 0.5) is 0 Å². The van der Waals surface area contributed by atoms with Gasteiger partial charge in [0.2, 0.25) is 0 Å². The second kappa shape index (κ2) is 7.96. The van der Waals surface area contributed by atoms with Crippen molar-refractivity contribution in [3.63, 3.8) is 0 Å². The molecule has 2 aromatic heterocycles. The molecule has 0 radical (unpaired) electrons. The topological polar surface area (TPSA) is 64.2 Å². The van der Waals surface area contributed by atoms with Crippen LogP contribution in [0.15, 0.2) is 64.4 Å². The van der Waals surface area contributed by atoms with E-state index in [1.807, 2.05) is 36.5 Å². The molecule has 0 fully saturated rings. The van der Waals surface area contributed by atoms with Gasteiger partial charge in [-0.25, -0.2) is 0 Å². The summed E-state index contributed by atoms with van der Waals surface area (Å²) in [5, 5.41) is 13.0. The van der Waals surface area contributed by atoms with Crippen LogP contribution >= 0.6 is 15.9 Å². The maximum Gasteiger partial charge on any atom is 0.0926 e. The van der Waals surface area contributed by atoms with Gasteiger partial charge < -0.3 is 15.2 Å².